The predicted octanol–water partition coefficient (Wildman–Crippen LogP) is 4.21. The van der Waals surface area contributed by atoms with Crippen molar-refractivity contribution in [2.24, 2.45) is 0 Å². The Kier molecular flexibility index (Phi) is 5.70. The molecule has 0 spiro atoms. The number of halogens is 2. The van der Waals surface area contributed by atoms with E-state index in [2.05, 4.69) is 34.5 Å². The van der Waals surface area contributed by atoms with E-state index in [1.807, 2.05) is 23.5 Å². The van der Waals surface area contributed by atoms with Gasteiger partial charge in [-0.05, 0) is 29.0 Å². The SMILES string of the molecule is CCCc1nc(C2CSCCS2)nc(Cl)c1I. The zero-order chi connectivity index (χ0) is 12.3. The van der Waals surface area contributed by atoms with Crippen LogP contribution in [0, 0.1) is 3.57 Å². The molecule has 17 heavy (non-hydrogen) atoms. The molecule has 0 bridgehead atoms. The third-order valence-corrected chi connectivity index (χ3v) is 6.96. The first-order chi connectivity index (χ1) is 8.22. The first-order valence-corrected chi connectivity index (χ1v) is 9.29. The van der Waals surface area contributed by atoms with E-state index < -0.39 is 0 Å². The molecular formula is C11H14ClIN2S2. The van der Waals surface area contributed by atoms with Gasteiger partial charge < -0.3 is 0 Å². The Morgan fingerprint density at radius 1 is 1.41 bits per heavy atom. The second kappa shape index (κ2) is 6.82. The number of aromatic nitrogens is 2. The molecule has 1 unspecified atom stereocenters. The lowest BCUT2D eigenvalue weighted by Crippen LogP contribution is -2.12. The van der Waals surface area contributed by atoms with E-state index in [1.165, 1.54) is 11.5 Å². The van der Waals surface area contributed by atoms with Gasteiger partial charge in [0.1, 0.15) is 11.0 Å². The largest absolute Gasteiger partial charge is 0.235 e. The molecule has 1 aromatic heterocycles. The fraction of sp³-hybridized carbons (Fsp3) is 0.636. The fourth-order valence-electron chi connectivity index (χ4n) is 1.66. The van der Waals surface area contributed by atoms with Gasteiger partial charge in [0.2, 0.25) is 0 Å². The lowest BCUT2D eigenvalue weighted by Gasteiger charge is -2.20. The van der Waals surface area contributed by atoms with Crippen LogP contribution in [-0.4, -0.2) is 27.2 Å². The number of thioether (sulfide) groups is 2. The first kappa shape index (κ1) is 14.2. The van der Waals surface area contributed by atoms with Crippen LogP contribution < -0.4 is 0 Å². The highest BCUT2D eigenvalue weighted by Crippen LogP contribution is 2.36. The second-order valence-corrected chi connectivity index (χ2v) is 7.71. The van der Waals surface area contributed by atoms with Gasteiger partial charge in [-0.2, -0.15) is 11.8 Å². The summed E-state index contributed by atoms with van der Waals surface area (Å²) in [6.45, 7) is 2.16. The monoisotopic (exact) mass is 400 g/mol. The quantitative estimate of drug-likeness (QED) is 0.561. The molecule has 0 saturated carbocycles. The van der Waals surface area contributed by atoms with Gasteiger partial charge in [-0.3, -0.25) is 0 Å². The summed E-state index contributed by atoms with van der Waals surface area (Å²) in [5.74, 6) is 4.45. The number of aryl methyl sites for hydroxylation is 1. The Morgan fingerprint density at radius 3 is 2.88 bits per heavy atom. The Morgan fingerprint density at radius 2 is 2.24 bits per heavy atom. The van der Waals surface area contributed by atoms with E-state index in [9.17, 15) is 0 Å². The van der Waals surface area contributed by atoms with Gasteiger partial charge in [-0.1, -0.05) is 24.9 Å². The summed E-state index contributed by atoms with van der Waals surface area (Å²) in [4.78, 5) is 9.16. The van der Waals surface area contributed by atoms with Crippen LogP contribution in [0.15, 0.2) is 0 Å². The van der Waals surface area contributed by atoms with Crippen molar-refractivity contribution < 1.29 is 0 Å². The predicted molar refractivity (Wildman–Crippen MR) is 86.3 cm³/mol. The smallest absolute Gasteiger partial charge is 0.146 e. The Bertz CT molecular complexity index is 397. The van der Waals surface area contributed by atoms with E-state index in [0.717, 1.165) is 33.7 Å². The van der Waals surface area contributed by atoms with Gasteiger partial charge in [0.05, 0.1) is 14.5 Å². The zero-order valence-corrected chi connectivity index (χ0v) is 14.1. The summed E-state index contributed by atoms with van der Waals surface area (Å²) in [5.41, 5.74) is 1.11. The van der Waals surface area contributed by atoms with Gasteiger partial charge in [0.15, 0.2) is 0 Å². The molecule has 0 amide bonds. The maximum Gasteiger partial charge on any atom is 0.146 e. The molecule has 0 aliphatic carbocycles. The van der Waals surface area contributed by atoms with Crippen molar-refractivity contribution in [2.75, 3.05) is 17.3 Å². The van der Waals surface area contributed by atoms with Gasteiger partial charge in [0, 0.05) is 17.3 Å². The van der Waals surface area contributed by atoms with Crippen LogP contribution in [0.1, 0.15) is 30.1 Å². The van der Waals surface area contributed by atoms with Crippen molar-refractivity contribution in [1.82, 2.24) is 9.97 Å². The zero-order valence-electron chi connectivity index (χ0n) is 9.58. The van der Waals surface area contributed by atoms with Crippen molar-refractivity contribution in [3.05, 3.63) is 20.2 Å². The summed E-state index contributed by atoms with van der Waals surface area (Å²) in [6, 6.07) is 0. The molecule has 94 valence electrons. The highest BCUT2D eigenvalue weighted by molar-refractivity contribution is 14.1. The average Bonchev–Trinajstić information content (AvgIpc) is 2.36. The van der Waals surface area contributed by atoms with E-state index in [0.29, 0.717) is 10.4 Å². The van der Waals surface area contributed by atoms with Crippen molar-refractivity contribution in [3.63, 3.8) is 0 Å². The fourth-order valence-corrected chi connectivity index (χ4v) is 4.97. The molecule has 2 heterocycles. The highest BCUT2D eigenvalue weighted by Gasteiger charge is 2.21. The van der Waals surface area contributed by atoms with E-state index in [4.69, 9.17) is 16.6 Å². The normalized spacial score (nSPS) is 20.5. The molecule has 0 aromatic carbocycles. The molecule has 0 N–H and O–H groups in total. The van der Waals surface area contributed by atoms with E-state index in [1.54, 1.807) is 0 Å². The summed E-state index contributed by atoms with van der Waals surface area (Å²) in [6.07, 6.45) is 2.08. The minimum Gasteiger partial charge on any atom is -0.235 e. The molecule has 1 fully saturated rings. The first-order valence-electron chi connectivity index (χ1n) is 5.63. The molecule has 1 aromatic rings. The number of nitrogens with zero attached hydrogens (tertiary/aromatic N) is 2. The summed E-state index contributed by atoms with van der Waals surface area (Å²) < 4.78 is 1.02. The maximum absolute atomic E-state index is 6.20. The molecule has 1 saturated heterocycles. The highest BCUT2D eigenvalue weighted by atomic mass is 127. The molecule has 1 aliphatic rings. The van der Waals surface area contributed by atoms with Crippen LogP contribution in [0.4, 0.5) is 0 Å². The minimum atomic E-state index is 0.416. The standard InChI is InChI=1S/C11H14ClIN2S2/c1-2-3-7-9(13)10(12)15-11(14-7)8-6-16-4-5-17-8/h8H,2-6H2,1H3. The lowest BCUT2D eigenvalue weighted by atomic mass is 10.2. The van der Waals surface area contributed by atoms with Crippen LogP contribution in [0.25, 0.3) is 0 Å². The Labute approximate surface area is 129 Å². The van der Waals surface area contributed by atoms with Crippen LogP contribution in [0.2, 0.25) is 5.15 Å². The second-order valence-electron chi connectivity index (χ2n) is 3.82. The summed E-state index contributed by atoms with van der Waals surface area (Å²) >= 11 is 12.4. The van der Waals surface area contributed by atoms with Crippen molar-refractivity contribution in [2.45, 2.75) is 25.0 Å². The number of hydrogen-bond donors (Lipinski definition) is 0. The molecule has 1 atom stereocenters. The Balaban J connectivity index is 2.27. The van der Waals surface area contributed by atoms with Gasteiger partial charge in [0.25, 0.3) is 0 Å². The van der Waals surface area contributed by atoms with E-state index >= 15 is 0 Å². The van der Waals surface area contributed by atoms with Crippen molar-refractivity contribution in [1.29, 1.82) is 0 Å². The lowest BCUT2D eigenvalue weighted by molar-refractivity contribution is 0.821. The summed E-state index contributed by atoms with van der Waals surface area (Å²) in [7, 11) is 0. The van der Waals surface area contributed by atoms with Gasteiger partial charge >= 0.3 is 0 Å². The van der Waals surface area contributed by atoms with Crippen LogP contribution in [0.5, 0.6) is 0 Å². The third-order valence-electron chi connectivity index (χ3n) is 2.49. The molecule has 0 radical (unpaired) electrons. The molecular weight excluding hydrogens is 387 g/mol. The molecule has 2 rings (SSSR count). The Hall–Kier alpha value is 0.800. The average molecular weight is 401 g/mol. The van der Waals surface area contributed by atoms with Crippen molar-refractivity contribution in [3.8, 4) is 0 Å². The van der Waals surface area contributed by atoms with Crippen LogP contribution in [0.3, 0.4) is 0 Å². The topological polar surface area (TPSA) is 25.8 Å². The van der Waals surface area contributed by atoms with Crippen LogP contribution in [-0.2, 0) is 6.42 Å². The minimum absolute atomic E-state index is 0.416. The van der Waals surface area contributed by atoms with Crippen molar-refractivity contribution >= 4 is 57.7 Å². The van der Waals surface area contributed by atoms with E-state index in [-0.39, 0.29) is 0 Å². The molecule has 1 aliphatic heterocycles. The third kappa shape index (κ3) is 3.64. The summed E-state index contributed by atoms with van der Waals surface area (Å²) in [5, 5.41) is 1.04. The number of hydrogen-bond acceptors (Lipinski definition) is 4. The van der Waals surface area contributed by atoms with Gasteiger partial charge in [-0.15, -0.1) is 11.8 Å². The molecule has 6 heteroatoms. The number of rotatable bonds is 3. The maximum atomic E-state index is 6.20. The molecule has 2 nitrogen and oxygen atoms in total. The van der Waals surface area contributed by atoms with Crippen LogP contribution >= 0.6 is 57.7 Å². The van der Waals surface area contributed by atoms with Gasteiger partial charge in [-0.25, -0.2) is 9.97 Å².